The van der Waals surface area contributed by atoms with E-state index >= 15 is 0 Å². The van der Waals surface area contributed by atoms with Crippen LogP contribution in [0.1, 0.15) is 33.6 Å². The molecule has 0 aliphatic heterocycles. The summed E-state index contributed by atoms with van der Waals surface area (Å²) in [7, 11) is -1.89. The zero-order chi connectivity index (χ0) is 14.5. The van der Waals surface area contributed by atoms with E-state index in [2.05, 4.69) is 10.3 Å². The normalized spacial score (nSPS) is 13.5. The lowest BCUT2D eigenvalue weighted by molar-refractivity contribution is 0.380. The highest BCUT2D eigenvalue weighted by atomic mass is 32.2. The van der Waals surface area contributed by atoms with Crippen molar-refractivity contribution in [3.63, 3.8) is 0 Å². The summed E-state index contributed by atoms with van der Waals surface area (Å²) in [6.45, 7) is 6.59. The van der Waals surface area contributed by atoms with E-state index in [-0.39, 0.29) is 10.9 Å². The van der Waals surface area contributed by atoms with Gasteiger partial charge in [-0.05, 0) is 31.9 Å². The largest absolute Gasteiger partial charge is 0.369 e. The number of anilines is 1. The molecule has 1 aromatic rings. The van der Waals surface area contributed by atoms with Crippen molar-refractivity contribution in [1.29, 1.82) is 0 Å². The quantitative estimate of drug-likeness (QED) is 0.835. The summed E-state index contributed by atoms with van der Waals surface area (Å²) < 4.78 is 26.5. The molecule has 0 radical (unpaired) electrons. The molecule has 0 fully saturated rings. The maximum absolute atomic E-state index is 12.6. The maximum atomic E-state index is 12.6. The highest BCUT2D eigenvalue weighted by molar-refractivity contribution is 7.89. The minimum atomic E-state index is -3.50. The van der Waals surface area contributed by atoms with Crippen LogP contribution in [-0.4, -0.2) is 37.3 Å². The second kappa shape index (κ2) is 6.86. The predicted molar refractivity (Wildman–Crippen MR) is 77.7 cm³/mol. The number of nitrogens with zero attached hydrogens (tertiary/aromatic N) is 2. The second-order valence-corrected chi connectivity index (χ2v) is 6.52. The van der Waals surface area contributed by atoms with E-state index in [1.165, 1.54) is 4.31 Å². The molecule has 1 heterocycles. The van der Waals surface area contributed by atoms with E-state index in [0.29, 0.717) is 12.4 Å². The number of hydrogen-bond donors (Lipinski definition) is 1. The summed E-state index contributed by atoms with van der Waals surface area (Å²) in [5, 5.41) is 3.06. The molecule has 1 atom stereocenters. The zero-order valence-corrected chi connectivity index (χ0v) is 12.9. The molecule has 6 heteroatoms. The fraction of sp³-hybridized carbons (Fsp3) is 0.615. The van der Waals surface area contributed by atoms with E-state index < -0.39 is 10.0 Å². The highest BCUT2D eigenvalue weighted by Crippen LogP contribution is 2.23. The van der Waals surface area contributed by atoms with E-state index in [1.54, 1.807) is 25.4 Å². The number of sulfonamides is 1. The van der Waals surface area contributed by atoms with Crippen molar-refractivity contribution in [1.82, 2.24) is 9.29 Å². The Morgan fingerprint density at radius 2 is 2.11 bits per heavy atom. The van der Waals surface area contributed by atoms with Crippen LogP contribution in [0.2, 0.25) is 0 Å². The van der Waals surface area contributed by atoms with Crippen molar-refractivity contribution in [3.8, 4) is 0 Å². The monoisotopic (exact) mass is 285 g/mol. The molecule has 0 aliphatic rings. The molecule has 1 rings (SSSR count). The first-order chi connectivity index (χ1) is 8.95. The third-order valence-corrected chi connectivity index (χ3v) is 5.19. The molecule has 19 heavy (non-hydrogen) atoms. The van der Waals surface area contributed by atoms with Crippen LogP contribution in [0.25, 0.3) is 0 Å². The molecular weight excluding hydrogens is 262 g/mol. The standard InChI is InChI=1S/C13H23N3O2S/c1-5-9-14-13-12(8-7-10-15-13)19(17,18)16(4)11(3)6-2/h7-8,10-11H,5-6,9H2,1-4H3,(H,14,15). The highest BCUT2D eigenvalue weighted by Gasteiger charge is 2.27. The molecule has 0 amide bonds. The van der Waals surface area contributed by atoms with Crippen LogP contribution in [0, 0.1) is 0 Å². The van der Waals surface area contributed by atoms with Gasteiger partial charge in [-0.25, -0.2) is 13.4 Å². The molecule has 0 saturated carbocycles. The SMILES string of the molecule is CCCNc1ncccc1S(=O)(=O)N(C)C(C)CC. The van der Waals surface area contributed by atoms with Gasteiger partial charge in [0.05, 0.1) is 0 Å². The fourth-order valence-corrected chi connectivity index (χ4v) is 3.18. The first-order valence-electron chi connectivity index (χ1n) is 6.62. The predicted octanol–water partition coefficient (Wildman–Crippen LogP) is 2.32. The molecule has 0 spiro atoms. The lowest BCUT2D eigenvalue weighted by atomic mass is 10.3. The molecule has 0 aliphatic carbocycles. The van der Waals surface area contributed by atoms with Gasteiger partial charge in [-0.2, -0.15) is 4.31 Å². The molecule has 108 valence electrons. The zero-order valence-electron chi connectivity index (χ0n) is 12.0. The van der Waals surface area contributed by atoms with Gasteiger partial charge in [0.25, 0.3) is 0 Å². The number of nitrogens with one attached hydrogen (secondary N) is 1. The summed E-state index contributed by atoms with van der Waals surface area (Å²) in [6.07, 6.45) is 3.28. The smallest absolute Gasteiger partial charge is 0.246 e. The maximum Gasteiger partial charge on any atom is 0.246 e. The summed E-state index contributed by atoms with van der Waals surface area (Å²) in [5.74, 6) is 0.430. The average molecular weight is 285 g/mol. The lowest BCUT2D eigenvalue weighted by Gasteiger charge is -2.24. The van der Waals surface area contributed by atoms with Crippen molar-refractivity contribution in [2.75, 3.05) is 18.9 Å². The van der Waals surface area contributed by atoms with Crippen LogP contribution in [0.4, 0.5) is 5.82 Å². The van der Waals surface area contributed by atoms with Crippen molar-refractivity contribution in [2.24, 2.45) is 0 Å². The van der Waals surface area contributed by atoms with Gasteiger partial charge >= 0.3 is 0 Å². The Labute approximate surface area is 116 Å². The molecule has 5 nitrogen and oxygen atoms in total. The van der Waals surface area contributed by atoms with Gasteiger partial charge in [0.15, 0.2) is 0 Å². The van der Waals surface area contributed by atoms with Crippen molar-refractivity contribution >= 4 is 15.8 Å². The molecule has 0 aromatic carbocycles. The Bertz CT molecular complexity index is 502. The van der Waals surface area contributed by atoms with Crippen LogP contribution in [-0.2, 0) is 10.0 Å². The molecule has 1 unspecified atom stereocenters. The van der Waals surface area contributed by atoms with Gasteiger partial charge in [-0.3, -0.25) is 0 Å². The first-order valence-corrected chi connectivity index (χ1v) is 8.06. The third kappa shape index (κ3) is 3.67. The van der Waals surface area contributed by atoms with Gasteiger partial charge in [0.2, 0.25) is 10.0 Å². The van der Waals surface area contributed by atoms with E-state index in [1.807, 2.05) is 20.8 Å². The number of aromatic nitrogens is 1. The molecule has 0 saturated heterocycles. The van der Waals surface area contributed by atoms with Crippen molar-refractivity contribution in [2.45, 2.75) is 44.6 Å². The number of rotatable bonds is 7. The van der Waals surface area contributed by atoms with Gasteiger partial charge in [0.1, 0.15) is 10.7 Å². The third-order valence-electron chi connectivity index (χ3n) is 3.18. The topological polar surface area (TPSA) is 62.3 Å². The Balaban J connectivity index is 3.14. The van der Waals surface area contributed by atoms with Crippen molar-refractivity contribution in [3.05, 3.63) is 18.3 Å². The number of pyridine rings is 1. The summed E-state index contributed by atoms with van der Waals surface area (Å²) in [5.41, 5.74) is 0. The molecular formula is C13H23N3O2S. The molecule has 1 aromatic heterocycles. The van der Waals surface area contributed by atoms with Gasteiger partial charge in [-0.15, -0.1) is 0 Å². The summed E-state index contributed by atoms with van der Waals surface area (Å²) in [6, 6.07) is 3.21. The van der Waals surface area contributed by atoms with E-state index in [9.17, 15) is 8.42 Å². The Hall–Kier alpha value is -1.14. The summed E-state index contributed by atoms with van der Waals surface area (Å²) in [4.78, 5) is 4.38. The fourth-order valence-electron chi connectivity index (χ4n) is 1.62. The number of hydrogen-bond acceptors (Lipinski definition) is 4. The van der Waals surface area contributed by atoms with Crippen LogP contribution < -0.4 is 5.32 Å². The van der Waals surface area contributed by atoms with E-state index in [0.717, 1.165) is 12.8 Å². The average Bonchev–Trinajstić information content (AvgIpc) is 2.43. The van der Waals surface area contributed by atoms with Crippen LogP contribution >= 0.6 is 0 Å². The van der Waals surface area contributed by atoms with Crippen LogP contribution in [0.3, 0.4) is 0 Å². The van der Waals surface area contributed by atoms with Crippen LogP contribution in [0.5, 0.6) is 0 Å². The van der Waals surface area contributed by atoms with E-state index in [4.69, 9.17) is 0 Å². The van der Waals surface area contributed by atoms with Crippen molar-refractivity contribution < 1.29 is 8.42 Å². The lowest BCUT2D eigenvalue weighted by Crippen LogP contribution is -2.35. The van der Waals surface area contributed by atoms with Gasteiger partial charge in [0, 0.05) is 25.8 Å². The first kappa shape index (κ1) is 15.9. The minimum Gasteiger partial charge on any atom is -0.369 e. The van der Waals surface area contributed by atoms with Crippen LogP contribution in [0.15, 0.2) is 23.2 Å². The summed E-state index contributed by atoms with van der Waals surface area (Å²) >= 11 is 0. The Morgan fingerprint density at radius 3 is 2.68 bits per heavy atom. The minimum absolute atomic E-state index is 0.0377. The van der Waals surface area contributed by atoms with Gasteiger partial charge < -0.3 is 5.32 Å². The van der Waals surface area contributed by atoms with Gasteiger partial charge in [-0.1, -0.05) is 13.8 Å². The Morgan fingerprint density at radius 1 is 1.42 bits per heavy atom. The molecule has 1 N–H and O–H groups in total. The second-order valence-electron chi connectivity index (χ2n) is 4.56. The molecule has 0 bridgehead atoms. The Kier molecular flexibility index (Phi) is 5.75.